The van der Waals surface area contributed by atoms with Gasteiger partial charge in [0.05, 0.1) is 26.4 Å². The Morgan fingerprint density at radius 3 is 1.39 bits per heavy atom. The lowest BCUT2D eigenvalue weighted by atomic mass is 10.1. The smallest absolute Gasteiger partial charge is 0.387 e. The van der Waals surface area contributed by atoms with Gasteiger partial charge in [-0.05, 0) is 11.1 Å². The van der Waals surface area contributed by atoms with Crippen molar-refractivity contribution in [2.45, 2.75) is 62.3 Å². The minimum absolute atomic E-state index is 0.0406. The van der Waals surface area contributed by atoms with Crippen LogP contribution in [-0.2, 0) is 49.9 Å². The second-order valence-corrected chi connectivity index (χ2v) is 14.9. The van der Waals surface area contributed by atoms with Crippen LogP contribution >= 0.6 is 15.6 Å². The number of carbonyl (C=O) groups excluding carboxylic acids is 2. The molecule has 4 aromatic rings. The SMILES string of the molecule is NC(=O)c1ncn([C@@H]2O[C@H](COP(=O)(O)O)C(O)[C@H]2O)n1.NC(=O)c1ncn([C@@H]2O[C@H](COP(=O)(OCc3ccccc3)OCc3ccccc3)C(O)[C@H]2O)n1. The van der Waals surface area contributed by atoms with Gasteiger partial charge in [-0.15, -0.1) is 10.2 Å². The zero-order chi connectivity index (χ0) is 40.6. The van der Waals surface area contributed by atoms with Gasteiger partial charge in [-0.2, -0.15) is 0 Å². The molecule has 2 amide bonds. The third kappa shape index (κ3) is 11.4. The van der Waals surface area contributed by atoms with Crippen molar-refractivity contribution >= 4 is 27.5 Å². The van der Waals surface area contributed by atoms with E-state index < -0.39 is 89.8 Å². The number of aromatic nitrogens is 6. The van der Waals surface area contributed by atoms with Crippen LogP contribution < -0.4 is 11.5 Å². The van der Waals surface area contributed by atoms with Crippen LogP contribution in [0, 0.1) is 0 Å². The molecule has 2 saturated heterocycles. The number of aliphatic hydroxyl groups is 4. The summed E-state index contributed by atoms with van der Waals surface area (Å²) >= 11 is 0. The van der Waals surface area contributed by atoms with E-state index in [1.165, 1.54) is 0 Å². The zero-order valence-electron chi connectivity index (χ0n) is 28.9. The fourth-order valence-electron chi connectivity index (χ4n) is 5.09. The number of rotatable bonds is 16. The number of phosphoric acid groups is 2. The first-order valence-electron chi connectivity index (χ1n) is 16.3. The molecule has 0 saturated carbocycles. The van der Waals surface area contributed by atoms with Gasteiger partial charge in [-0.25, -0.2) is 28.5 Å². The molecule has 0 bridgehead atoms. The molecule has 26 heteroatoms. The highest BCUT2D eigenvalue weighted by molar-refractivity contribution is 7.48. The molecule has 0 spiro atoms. The summed E-state index contributed by atoms with van der Waals surface area (Å²) < 4.78 is 57.6. The first kappa shape index (κ1) is 42.8. The van der Waals surface area contributed by atoms with Gasteiger partial charge in [0, 0.05) is 0 Å². The molecule has 6 rings (SSSR count). The molecule has 2 unspecified atom stereocenters. The number of nitrogens with zero attached hydrogens (tertiary/aromatic N) is 6. The molecule has 304 valence electrons. The van der Waals surface area contributed by atoms with Crippen molar-refractivity contribution in [3.8, 4) is 0 Å². The van der Waals surface area contributed by atoms with Crippen LogP contribution in [0.5, 0.6) is 0 Å². The average Bonchev–Trinajstić information content (AvgIpc) is 3.97. The van der Waals surface area contributed by atoms with Gasteiger partial charge in [-0.3, -0.25) is 27.7 Å². The Balaban J connectivity index is 0.000000244. The van der Waals surface area contributed by atoms with Crippen LogP contribution in [0.1, 0.15) is 44.8 Å². The maximum Gasteiger partial charge on any atom is 0.475 e. The number of primary amides is 2. The largest absolute Gasteiger partial charge is 0.475 e. The van der Waals surface area contributed by atoms with Gasteiger partial charge in [0.25, 0.3) is 11.8 Å². The monoisotopic (exact) mass is 828 g/mol. The Morgan fingerprint density at radius 1 is 0.643 bits per heavy atom. The van der Waals surface area contributed by atoms with E-state index in [1.807, 2.05) is 36.4 Å². The third-order valence-electron chi connectivity index (χ3n) is 7.92. The van der Waals surface area contributed by atoms with Gasteiger partial charge in [0.2, 0.25) is 11.6 Å². The minimum Gasteiger partial charge on any atom is -0.387 e. The van der Waals surface area contributed by atoms with Crippen LogP contribution in [0.15, 0.2) is 73.3 Å². The summed E-state index contributed by atoms with van der Waals surface area (Å²) in [5.41, 5.74) is 11.6. The van der Waals surface area contributed by atoms with Gasteiger partial charge in [0.1, 0.15) is 49.3 Å². The van der Waals surface area contributed by atoms with E-state index in [0.717, 1.165) is 33.1 Å². The van der Waals surface area contributed by atoms with Crippen molar-refractivity contribution < 1.29 is 76.5 Å². The standard InChI is InChI=1S/C22H25N4O8P.C8H13N4O8P/c23-20(29)21-24-14-26(25-21)22-19(28)18(27)17(34-22)13-33-35(30,31-11-15-7-3-1-4-8-15)32-12-16-9-5-2-6-10-16;9-6(15)7-10-2-12(11-7)8-5(14)4(13)3(20-8)1-19-21(16,17)18/h1-10,14,17-19,22,27-28H,11-13H2,(H2,23,29);2-5,8,13-14H,1H2,(H2,9,15)(H2,16,17,18)/t17-,18?,19-,22-;3-,4?,5-,8-/m11/s1. The highest BCUT2D eigenvalue weighted by Gasteiger charge is 2.47. The highest BCUT2D eigenvalue weighted by Crippen LogP contribution is 2.51. The van der Waals surface area contributed by atoms with E-state index in [1.54, 1.807) is 24.3 Å². The lowest BCUT2D eigenvalue weighted by Gasteiger charge is -2.21. The molecule has 2 fully saturated rings. The van der Waals surface area contributed by atoms with Crippen LogP contribution in [0.25, 0.3) is 0 Å². The number of amides is 2. The van der Waals surface area contributed by atoms with E-state index in [0.29, 0.717) is 0 Å². The van der Waals surface area contributed by atoms with Gasteiger partial charge >= 0.3 is 15.6 Å². The predicted octanol–water partition coefficient (Wildman–Crippen LogP) is -1.34. The Labute approximate surface area is 316 Å². The minimum atomic E-state index is -4.73. The number of aliphatic hydroxyl groups excluding tert-OH is 4. The topological polar surface area (TPSA) is 359 Å². The highest BCUT2D eigenvalue weighted by atomic mass is 31.2. The second kappa shape index (κ2) is 18.7. The quantitative estimate of drug-likeness (QED) is 0.0606. The Morgan fingerprint density at radius 2 is 1.04 bits per heavy atom. The summed E-state index contributed by atoms with van der Waals surface area (Å²) in [4.78, 5) is 46.6. The van der Waals surface area contributed by atoms with E-state index in [2.05, 4.69) is 24.7 Å². The molecular weight excluding hydrogens is 790 g/mol. The first-order valence-corrected chi connectivity index (χ1v) is 19.3. The number of carbonyl (C=O) groups is 2. The maximum absolute atomic E-state index is 13.4. The van der Waals surface area contributed by atoms with Gasteiger partial charge in [-0.1, -0.05) is 60.7 Å². The van der Waals surface area contributed by atoms with Gasteiger partial charge in [0.15, 0.2) is 12.5 Å². The fraction of sp³-hybridized carbons (Fsp3) is 0.400. The number of hydrogen-bond donors (Lipinski definition) is 8. The fourth-order valence-corrected chi connectivity index (χ4v) is 6.60. The Kier molecular flexibility index (Phi) is 14.3. The molecule has 0 radical (unpaired) electrons. The Hall–Kier alpha value is -4.36. The Bertz CT molecular complexity index is 1960. The lowest BCUT2D eigenvalue weighted by Crippen LogP contribution is -2.33. The number of hydrogen-bond acceptors (Lipinski definition) is 18. The number of benzene rings is 2. The van der Waals surface area contributed by atoms with Crippen molar-refractivity contribution in [1.29, 1.82) is 0 Å². The molecule has 10 N–H and O–H groups in total. The number of ether oxygens (including phenoxy) is 2. The molecule has 56 heavy (non-hydrogen) atoms. The van der Waals surface area contributed by atoms with Crippen molar-refractivity contribution in [1.82, 2.24) is 29.5 Å². The van der Waals surface area contributed by atoms with Crippen LogP contribution in [0.4, 0.5) is 0 Å². The van der Waals surface area contributed by atoms with Gasteiger partial charge < -0.3 is 51.2 Å². The molecule has 2 aliphatic rings. The molecule has 2 aliphatic heterocycles. The predicted molar refractivity (Wildman–Crippen MR) is 183 cm³/mol. The van der Waals surface area contributed by atoms with Crippen LogP contribution in [0.2, 0.25) is 0 Å². The summed E-state index contributed by atoms with van der Waals surface area (Å²) in [6.07, 6.45) is -8.25. The third-order valence-corrected chi connectivity index (χ3v) is 9.76. The summed E-state index contributed by atoms with van der Waals surface area (Å²) in [7, 11) is -8.85. The van der Waals surface area contributed by atoms with Crippen LogP contribution in [0.3, 0.4) is 0 Å². The number of nitrogens with two attached hydrogens (primary N) is 2. The lowest BCUT2D eigenvalue weighted by molar-refractivity contribution is -0.0604. The summed E-state index contributed by atoms with van der Waals surface area (Å²) in [6.45, 7) is -1.15. The summed E-state index contributed by atoms with van der Waals surface area (Å²) in [6, 6.07) is 18.1. The molecule has 0 aliphatic carbocycles. The number of phosphoric ester groups is 2. The normalized spacial score (nSPS) is 25.1. The van der Waals surface area contributed by atoms with Crippen LogP contribution in [-0.4, -0.2) is 121 Å². The first-order chi connectivity index (χ1) is 26.5. The molecule has 2 aromatic heterocycles. The van der Waals surface area contributed by atoms with E-state index >= 15 is 0 Å². The molecule has 8 atom stereocenters. The molecular formula is C30H38N8O16P2. The van der Waals surface area contributed by atoms with Crippen molar-refractivity contribution in [3.63, 3.8) is 0 Å². The molecule has 2 aromatic carbocycles. The van der Waals surface area contributed by atoms with Crippen molar-refractivity contribution in [3.05, 3.63) is 96.1 Å². The van der Waals surface area contributed by atoms with Crippen molar-refractivity contribution in [2.24, 2.45) is 11.5 Å². The maximum atomic E-state index is 13.4. The zero-order valence-corrected chi connectivity index (χ0v) is 30.7. The average molecular weight is 829 g/mol. The van der Waals surface area contributed by atoms with E-state index in [4.69, 9.17) is 44.3 Å². The molecule has 24 nitrogen and oxygen atoms in total. The molecule has 4 heterocycles. The second-order valence-electron chi connectivity index (χ2n) is 12.0. The summed E-state index contributed by atoms with van der Waals surface area (Å²) in [5, 5.41) is 47.9. The van der Waals surface area contributed by atoms with E-state index in [-0.39, 0.29) is 24.9 Å². The summed E-state index contributed by atoms with van der Waals surface area (Å²) in [5.74, 6) is -2.33. The van der Waals surface area contributed by atoms with Crippen molar-refractivity contribution in [2.75, 3.05) is 13.2 Å². The van der Waals surface area contributed by atoms with E-state index in [9.17, 15) is 39.1 Å².